The molecule has 0 unspecified atom stereocenters. The molecule has 1 amide bonds. The molecular formula is C19H21N3O. The van der Waals surface area contributed by atoms with Crippen molar-refractivity contribution in [3.8, 4) is 0 Å². The third kappa shape index (κ3) is 3.97. The zero-order valence-corrected chi connectivity index (χ0v) is 13.3. The van der Waals surface area contributed by atoms with Crippen LogP contribution in [0.15, 0.2) is 48.8 Å². The lowest BCUT2D eigenvalue weighted by Crippen LogP contribution is -2.22. The van der Waals surface area contributed by atoms with E-state index in [-0.39, 0.29) is 5.91 Å². The van der Waals surface area contributed by atoms with Crippen molar-refractivity contribution in [2.75, 3.05) is 0 Å². The molecule has 4 nitrogen and oxygen atoms in total. The van der Waals surface area contributed by atoms with Gasteiger partial charge in [-0.25, -0.2) is 4.98 Å². The summed E-state index contributed by atoms with van der Waals surface area (Å²) in [6.45, 7) is 2.72. The fourth-order valence-electron chi connectivity index (χ4n) is 2.58. The highest BCUT2D eigenvalue weighted by molar-refractivity contribution is 5.77. The summed E-state index contributed by atoms with van der Waals surface area (Å²) < 4.78 is 0. The Bertz CT molecular complexity index is 790. The smallest absolute Gasteiger partial charge is 0.220 e. The second kappa shape index (κ2) is 7.09. The maximum absolute atomic E-state index is 12.0. The van der Waals surface area contributed by atoms with Crippen LogP contribution in [0.25, 0.3) is 11.0 Å². The number of nitrogens with one attached hydrogen (secondary N) is 2. The maximum atomic E-state index is 12.0. The minimum absolute atomic E-state index is 0.0780. The van der Waals surface area contributed by atoms with Crippen LogP contribution < -0.4 is 5.32 Å². The van der Waals surface area contributed by atoms with Crippen molar-refractivity contribution >= 4 is 16.9 Å². The van der Waals surface area contributed by atoms with Gasteiger partial charge in [-0.3, -0.25) is 4.79 Å². The van der Waals surface area contributed by atoms with Gasteiger partial charge in [-0.1, -0.05) is 37.3 Å². The molecule has 1 aromatic heterocycles. The van der Waals surface area contributed by atoms with Crippen molar-refractivity contribution in [2.45, 2.75) is 32.7 Å². The van der Waals surface area contributed by atoms with E-state index < -0.39 is 0 Å². The summed E-state index contributed by atoms with van der Waals surface area (Å²) in [6, 6.07) is 14.4. The summed E-state index contributed by atoms with van der Waals surface area (Å²) in [6.07, 6.45) is 3.94. The largest absolute Gasteiger partial charge is 0.352 e. The number of hydrogen-bond donors (Lipinski definition) is 2. The fourth-order valence-corrected chi connectivity index (χ4v) is 2.58. The van der Waals surface area contributed by atoms with Crippen LogP contribution in [0, 0.1) is 0 Å². The normalized spacial score (nSPS) is 10.8. The van der Waals surface area contributed by atoms with Crippen molar-refractivity contribution in [1.82, 2.24) is 15.3 Å². The highest BCUT2D eigenvalue weighted by atomic mass is 16.1. The molecule has 0 fully saturated rings. The predicted molar refractivity (Wildman–Crippen MR) is 92.1 cm³/mol. The molecule has 4 heteroatoms. The van der Waals surface area contributed by atoms with Crippen LogP contribution in [0.5, 0.6) is 0 Å². The van der Waals surface area contributed by atoms with E-state index in [1.807, 2.05) is 12.1 Å². The first-order chi connectivity index (χ1) is 11.2. The number of rotatable bonds is 6. The van der Waals surface area contributed by atoms with E-state index in [0.717, 1.165) is 35.0 Å². The molecule has 2 aromatic carbocycles. The number of amides is 1. The number of carbonyl (C=O) groups excluding carboxylic acids is 1. The first kappa shape index (κ1) is 15.3. The van der Waals surface area contributed by atoms with Gasteiger partial charge in [0.2, 0.25) is 5.91 Å². The number of benzene rings is 2. The van der Waals surface area contributed by atoms with Gasteiger partial charge in [0.15, 0.2) is 0 Å². The Morgan fingerprint density at radius 3 is 2.61 bits per heavy atom. The quantitative estimate of drug-likeness (QED) is 0.733. The lowest BCUT2D eigenvalue weighted by molar-refractivity contribution is -0.121. The van der Waals surface area contributed by atoms with Crippen molar-refractivity contribution in [2.24, 2.45) is 0 Å². The average Bonchev–Trinajstić information content (AvgIpc) is 3.06. The molecule has 0 aliphatic carbocycles. The van der Waals surface area contributed by atoms with E-state index in [0.29, 0.717) is 13.0 Å². The molecule has 0 aliphatic heterocycles. The standard InChI is InChI=1S/C19H21N3O/c1-2-14-3-5-16(6-4-14)12-20-19(23)10-8-15-7-9-17-18(11-15)22-13-21-17/h3-7,9,11,13H,2,8,10,12H2,1H3,(H,20,23)(H,21,22). The first-order valence-electron chi connectivity index (χ1n) is 8.01. The van der Waals surface area contributed by atoms with Crippen molar-refractivity contribution in [3.63, 3.8) is 0 Å². The Balaban J connectivity index is 1.48. The summed E-state index contributed by atoms with van der Waals surface area (Å²) in [7, 11) is 0. The molecule has 0 spiro atoms. The molecule has 0 aliphatic rings. The Morgan fingerprint density at radius 1 is 1.09 bits per heavy atom. The number of imidazole rings is 1. The molecule has 0 saturated carbocycles. The molecule has 3 rings (SSSR count). The monoisotopic (exact) mass is 307 g/mol. The summed E-state index contributed by atoms with van der Waals surface area (Å²) in [5.74, 6) is 0.0780. The molecule has 2 N–H and O–H groups in total. The van der Waals surface area contributed by atoms with Crippen molar-refractivity contribution < 1.29 is 4.79 Å². The third-order valence-corrected chi connectivity index (χ3v) is 4.05. The number of fused-ring (bicyclic) bond motifs is 1. The molecule has 1 heterocycles. The molecular weight excluding hydrogens is 286 g/mol. The van der Waals surface area contributed by atoms with E-state index in [9.17, 15) is 4.79 Å². The van der Waals surface area contributed by atoms with Gasteiger partial charge in [-0.2, -0.15) is 0 Å². The van der Waals surface area contributed by atoms with Crippen LogP contribution in [-0.2, 0) is 24.2 Å². The van der Waals surface area contributed by atoms with Crippen LogP contribution >= 0.6 is 0 Å². The van der Waals surface area contributed by atoms with Gasteiger partial charge in [0.25, 0.3) is 0 Å². The minimum Gasteiger partial charge on any atom is -0.352 e. The number of hydrogen-bond acceptors (Lipinski definition) is 2. The molecule has 0 atom stereocenters. The van der Waals surface area contributed by atoms with E-state index in [1.165, 1.54) is 5.56 Å². The Morgan fingerprint density at radius 2 is 1.83 bits per heavy atom. The summed E-state index contributed by atoms with van der Waals surface area (Å²) in [4.78, 5) is 19.3. The number of H-pyrrole nitrogens is 1. The molecule has 3 aromatic rings. The van der Waals surface area contributed by atoms with Crippen LogP contribution in [0.1, 0.15) is 30.0 Å². The van der Waals surface area contributed by atoms with E-state index in [1.54, 1.807) is 6.33 Å². The topological polar surface area (TPSA) is 57.8 Å². The second-order valence-corrected chi connectivity index (χ2v) is 5.70. The van der Waals surface area contributed by atoms with Gasteiger partial charge in [0.1, 0.15) is 0 Å². The Kier molecular flexibility index (Phi) is 4.71. The maximum Gasteiger partial charge on any atom is 0.220 e. The van der Waals surface area contributed by atoms with Gasteiger partial charge >= 0.3 is 0 Å². The first-order valence-corrected chi connectivity index (χ1v) is 8.01. The van der Waals surface area contributed by atoms with Gasteiger partial charge in [0.05, 0.1) is 17.4 Å². The zero-order valence-electron chi connectivity index (χ0n) is 13.3. The Hall–Kier alpha value is -2.62. The van der Waals surface area contributed by atoms with E-state index in [4.69, 9.17) is 0 Å². The predicted octanol–water partition coefficient (Wildman–Crippen LogP) is 3.37. The minimum atomic E-state index is 0.0780. The number of aryl methyl sites for hydroxylation is 2. The van der Waals surface area contributed by atoms with Gasteiger partial charge in [-0.05, 0) is 41.7 Å². The van der Waals surface area contributed by atoms with E-state index >= 15 is 0 Å². The SMILES string of the molecule is CCc1ccc(CNC(=O)CCc2ccc3nc[nH]c3c2)cc1. The molecule has 0 bridgehead atoms. The lowest BCUT2D eigenvalue weighted by Gasteiger charge is -2.06. The number of carbonyl (C=O) groups is 1. The summed E-state index contributed by atoms with van der Waals surface area (Å²) in [5.41, 5.74) is 5.56. The van der Waals surface area contributed by atoms with Gasteiger partial charge < -0.3 is 10.3 Å². The van der Waals surface area contributed by atoms with Crippen LogP contribution in [0.2, 0.25) is 0 Å². The third-order valence-electron chi connectivity index (χ3n) is 4.05. The lowest BCUT2D eigenvalue weighted by atomic mass is 10.1. The molecule has 23 heavy (non-hydrogen) atoms. The summed E-state index contributed by atoms with van der Waals surface area (Å²) in [5, 5.41) is 2.98. The van der Waals surface area contributed by atoms with Crippen LogP contribution in [0.3, 0.4) is 0 Å². The summed E-state index contributed by atoms with van der Waals surface area (Å²) >= 11 is 0. The van der Waals surface area contributed by atoms with Crippen LogP contribution in [-0.4, -0.2) is 15.9 Å². The van der Waals surface area contributed by atoms with E-state index in [2.05, 4.69) is 52.5 Å². The Labute approximate surface area is 136 Å². The second-order valence-electron chi connectivity index (χ2n) is 5.70. The number of nitrogens with zero attached hydrogens (tertiary/aromatic N) is 1. The molecule has 0 saturated heterocycles. The average molecular weight is 307 g/mol. The van der Waals surface area contributed by atoms with Crippen molar-refractivity contribution in [3.05, 3.63) is 65.5 Å². The van der Waals surface area contributed by atoms with Gasteiger partial charge in [-0.15, -0.1) is 0 Å². The molecule has 0 radical (unpaired) electrons. The van der Waals surface area contributed by atoms with Gasteiger partial charge in [0, 0.05) is 13.0 Å². The van der Waals surface area contributed by atoms with Crippen molar-refractivity contribution in [1.29, 1.82) is 0 Å². The number of aromatic amines is 1. The molecule has 118 valence electrons. The number of aromatic nitrogens is 2. The zero-order chi connectivity index (χ0) is 16.1. The highest BCUT2D eigenvalue weighted by Crippen LogP contribution is 2.13. The fraction of sp³-hybridized carbons (Fsp3) is 0.263. The van der Waals surface area contributed by atoms with Crippen LogP contribution in [0.4, 0.5) is 0 Å². The highest BCUT2D eigenvalue weighted by Gasteiger charge is 2.04.